The lowest BCUT2D eigenvalue weighted by atomic mass is 10.0. The van der Waals surface area contributed by atoms with E-state index in [1.165, 1.54) is 11.3 Å². The van der Waals surface area contributed by atoms with Crippen LogP contribution in [0.5, 0.6) is 0 Å². The molecule has 0 atom stereocenters. The number of esters is 1. The first kappa shape index (κ1) is 19.1. The van der Waals surface area contributed by atoms with Crippen molar-refractivity contribution in [1.82, 2.24) is 0 Å². The largest absolute Gasteiger partial charge is 0.466 e. The van der Waals surface area contributed by atoms with Gasteiger partial charge in [0.1, 0.15) is 0 Å². The Morgan fingerprint density at radius 3 is 2.81 bits per heavy atom. The van der Waals surface area contributed by atoms with Crippen molar-refractivity contribution in [2.75, 3.05) is 23.4 Å². The van der Waals surface area contributed by atoms with Crippen LogP contribution in [0.1, 0.15) is 41.4 Å². The number of fused-ring (bicyclic) bond motifs is 1. The van der Waals surface area contributed by atoms with E-state index in [1.54, 1.807) is 11.8 Å². The summed E-state index contributed by atoms with van der Waals surface area (Å²) in [6, 6.07) is 9.30. The lowest BCUT2D eigenvalue weighted by Gasteiger charge is -2.29. The van der Waals surface area contributed by atoms with Gasteiger partial charge in [0.2, 0.25) is 5.91 Å². The first-order chi connectivity index (χ1) is 13.1. The molecule has 0 saturated carbocycles. The highest BCUT2D eigenvalue weighted by Crippen LogP contribution is 2.32. The fourth-order valence-electron chi connectivity index (χ4n) is 3.07. The van der Waals surface area contributed by atoms with E-state index in [1.807, 2.05) is 35.7 Å². The number of nitrogens with zero attached hydrogens (tertiary/aromatic N) is 1. The highest BCUT2D eigenvalue weighted by atomic mass is 32.1. The molecule has 7 heteroatoms. The van der Waals surface area contributed by atoms with Gasteiger partial charge in [-0.1, -0.05) is 12.1 Å². The van der Waals surface area contributed by atoms with E-state index in [9.17, 15) is 14.4 Å². The minimum Gasteiger partial charge on any atom is -0.466 e. The minimum absolute atomic E-state index is 0.0169. The Labute approximate surface area is 162 Å². The highest BCUT2D eigenvalue weighted by Gasteiger charge is 2.24. The Morgan fingerprint density at radius 1 is 1.22 bits per heavy atom. The average Bonchev–Trinajstić information content (AvgIpc) is 3.20. The maximum absolute atomic E-state index is 12.8. The number of benzene rings is 1. The third-order valence-electron chi connectivity index (χ3n) is 4.33. The molecule has 6 nitrogen and oxygen atoms in total. The van der Waals surface area contributed by atoms with Gasteiger partial charge in [-0.3, -0.25) is 14.4 Å². The summed E-state index contributed by atoms with van der Waals surface area (Å²) in [5.74, 6) is -0.655. The fourth-order valence-corrected chi connectivity index (χ4v) is 3.74. The number of aryl methyl sites for hydroxylation is 1. The summed E-state index contributed by atoms with van der Waals surface area (Å²) in [6.07, 6.45) is 1.93. The van der Waals surface area contributed by atoms with Crippen LogP contribution in [-0.2, 0) is 20.7 Å². The second-order valence-electron chi connectivity index (χ2n) is 6.23. The third kappa shape index (κ3) is 4.74. The molecule has 0 aliphatic carbocycles. The Kier molecular flexibility index (Phi) is 6.24. The molecule has 0 saturated heterocycles. The van der Waals surface area contributed by atoms with Crippen molar-refractivity contribution in [2.45, 2.75) is 32.6 Å². The van der Waals surface area contributed by atoms with E-state index in [0.717, 1.165) is 24.1 Å². The zero-order valence-corrected chi connectivity index (χ0v) is 16.0. The molecule has 1 N–H and O–H groups in total. The molecule has 27 heavy (non-hydrogen) atoms. The summed E-state index contributed by atoms with van der Waals surface area (Å²) in [5, 5.41) is 4.69. The molecule has 1 aliphatic heterocycles. The molecule has 0 fully saturated rings. The molecule has 3 rings (SSSR count). The zero-order chi connectivity index (χ0) is 19.2. The van der Waals surface area contributed by atoms with Gasteiger partial charge < -0.3 is 15.0 Å². The van der Waals surface area contributed by atoms with Crippen molar-refractivity contribution >= 4 is 40.5 Å². The van der Waals surface area contributed by atoms with Crippen LogP contribution >= 0.6 is 11.3 Å². The first-order valence-corrected chi connectivity index (χ1v) is 9.90. The number of amides is 2. The number of carbonyl (C=O) groups excluding carboxylic acids is 3. The SMILES string of the molecule is CCOC(=O)CCC(=O)Nc1ccc2c(c1)N(C(=O)c1cccs1)CCC2. The Hall–Kier alpha value is -2.67. The standard InChI is InChI=1S/C20H22N2O4S/c1-2-26-19(24)10-9-18(23)21-15-8-7-14-5-3-11-22(16(14)13-15)20(25)17-6-4-12-27-17/h4,6-8,12-13H,2-3,5,9-11H2,1H3,(H,21,23). The number of hydrogen-bond acceptors (Lipinski definition) is 5. The van der Waals surface area contributed by atoms with Crippen molar-refractivity contribution in [3.63, 3.8) is 0 Å². The number of nitrogens with one attached hydrogen (secondary N) is 1. The van der Waals surface area contributed by atoms with Crippen LogP contribution in [0.25, 0.3) is 0 Å². The maximum Gasteiger partial charge on any atom is 0.306 e. The quantitative estimate of drug-likeness (QED) is 0.770. The van der Waals surface area contributed by atoms with E-state index >= 15 is 0 Å². The molecule has 0 spiro atoms. The van der Waals surface area contributed by atoms with Gasteiger partial charge in [-0.2, -0.15) is 0 Å². The third-order valence-corrected chi connectivity index (χ3v) is 5.18. The molecular formula is C20H22N2O4S. The number of ether oxygens (including phenoxy) is 1. The summed E-state index contributed by atoms with van der Waals surface area (Å²) < 4.78 is 4.83. The van der Waals surface area contributed by atoms with Gasteiger partial charge in [-0.25, -0.2) is 0 Å². The molecule has 0 bridgehead atoms. The molecule has 0 unspecified atom stereocenters. The van der Waals surface area contributed by atoms with Gasteiger partial charge in [0.05, 0.1) is 17.9 Å². The Balaban J connectivity index is 1.71. The summed E-state index contributed by atoms with van der Waals surface area (Å²) in [7, 11) is 0. The van der Waals surface area contributed by atoms with Crippen LogP contribution in [0.3, 0.4) is 0 Å². The summed E-state index contributed by atoms with van der Waals surface area (Å²) in [4.78, 5) is 38.7. The van der Waals surface area contributed by atoms with Crippen molar-refractivity contribution in [2.24, 2.45) is 0 Å². The van der Waals surface area contributed by atoms with Crippen LogP contribution in [-0.4, -0.2) is 30.9 Å². The van der Waals surface area contributed by atoms with Gasteiger partial charge in [-0.05, 0) is 48.9 Å². The molecule has 1 aromatic heterocycles. The predicted molar refractivity (Wildman–Crippen MR) is 105 cm³/mol. The second-order valence-corrected chi connectivity index (χ2v) is 7.18. The molecule has 2 amide bonds. The highest BCUT2D eigenvalue weighted by molar-refractivity contribution is 7.12. The van der Waals surface area contributed by atoms with Crippen molar-refractivity contribution in [3.05, 3.63) is 46.2 Å². The topological polar surface area (TPSA) is 75.7 Å². The van der Waals surface area contributed by atoms with E-state index in [4.69, 9.17) is 4.74 Å². The lowest BCUT2D eigenvalue weighted by molar-refractivity contribution is -0.144. The van der Waals surface area contributed by atoms with Gasteiger partial charge >= 0.3 is 5.97 Å². The molecule has 142 valence electrons. The van der Waals surface area contributed by atoms with Crippen molar-refractivity contribution < 1.29 is 19.1 Å². The molecular weight excluding hydrogens is 364 g/mol. The summed E-state index contributed by atoms with van der Waals surface area (Å²) in [6.45, 7) is 2.69. The molecule has 1 aliphatic rings. The number of hydrogen-bond donors (Lipinski definition) is 1. The minimum atomic E-state index is -0.384. The summed E-state index contributed by atoms with van der Waals surface area (Å²) >= 11 is 1.42. The van der Waals surface area contributed by atoms with E-state index in [-0.39, 0.29) is 30.6 Å². The van der Waals surface area contributed by atoms with Crippen LogP contribution in [0.15, 0.2) is 35.7 Å². The zero-order valence-electron chi connectivity index (χ0n) is 15.2. The lowest BCUT2D eigenvalue weighted by Crippen LogP contribution is -2.35. The Bertz CT molecular complexity index is 833. The van der Waals surface area contributed by atoms with Gasteiger partial charge in [-0.15, -0.1) is 11.3 Å². The number of carbonyl (C=O) groups is 3. The smallest absolute Gasteiger partial charge is 0.306 e. The normalized spacial score (nSPS) is 13.0. The van der Waals surface area contributed by atoms with Crippen molar-refractivity contribution in [3.8, 4) is 0 Å². The van der Waals surface area contributed by atoms with Crippen LogP contribution in [0.2, 0.25) is 0 Å². The van der Waals surface area contributed by atoms with Crippen LogP contribution in [0, 0.1) is 0 Å². The maximum atomic E-state index is 12.8. The average molecular weight is 386 g/mol. The van der Waals surface area contributed by atoms with Crippen molar-refractivity contribution in [1.29, 1.82) is 0 Å². The monoisotopic (exact) mass is 386 g/mol. The van der Waals surface area contributed by atoms with Gasteiger partial charge in [0.25, 0.3) is 5.91 Å². The number of anilines is 2. The molecule has 2 heterocycles. The van der Waals surface area contributed by atoms with Crippen LogP contribution in [0.4, 0.5) is 11.4 Å². The van der Waals surface area contributed by atoms with Crippen LogP contribution < -0.4 is 10.2 Å². The van der Waals surface area contributed by atoms with Gasteiger partial charge in [0.15, 0.2) is 0 Å². The van der Waals surface area contributed by atoms with E-state index in [2.05, 4.69) is 5.32 Å². The first-order valence-electron chi connectivity index (χ1n) is 9.02. The molecule has 0 radical (unpaired) electrons. The second kappa shape index (κ2) is 8.81. The summed E-state index contributed by atoms with van der Waals surface area (Å²) in [5.41, 5.74) is 2.55. The number of thiophene rings is 1. The molecule has 1 aromatic carbocycles. The Morgan fingerprint density at radius 2 is 2.07 bits per heavy atom. The predicted octanol–water partition coefficient (Wildman–Crippen LogP) is 3.62. The van der Waals surface area contributed by atoms with Gasteiger partial charge in [0, 0.05) is 24.3 Å². The van der Waals surface area contributed by atoms with E-state index in [0.29, 0.717) is 23.7 Å². The fraction of sp³-hybridized carbons (Fsp3) is 0.350. The number of rotatable bonds is 6. The van der Waals surface area contributed by atoms with E-state index < -0.39 is 0 Å². The molecule has 2 aromatic rings.